The van der Waals surface area contributed by atoms with Crippen molar-refractivity contribution in [3.8, 4) is 5.75 Å². The summed E-state index contributed by atoms with van der Waals surface area (Å²) in [5, 5.41) is 8.18. The van der Waals surface area contributed by atoms with Crippen molar-refractivity contribution in [2.75, 3.05) is 29.8 Å². The van der Waals surface area contributed by atoms with Crippen molar-refractivity contribution in [2.24, 2.45) is 0 Å². The quantitative estimate of drug-likeness (QED) is 0.880. The molecule has 0 unspecified atom stereocenters. The van der Waals surface area contributed by atoms with Gasteiger partial charge in [0.15, 0.2) is 11.6 Å². The monoisotopic (exact) mass is 362 g/mol. The van der Waals surface area contributed by atoms with Crippen LogP contribution in [0.3, 0.4) is 0 Å². The highest BCUT2D eigenvalue weighted by molar-refractivity contribution is 7.92. The number of benzene rings is 1. The average molecular weight is 362 g/mol. The van der Waals surface area contributed by atoms with E-state index in [2.05, 4.69) is 19.8 Å². The molecule has 0 aliphatic carbocycles. The molecule has 1 aliphatic rings. The van der Waals surface area contributed by atoms with Gasteiger partial charge in [0.25, 0.3) is 10.0 Å². The normalized spacial score (nSPS) is 15.0. The van der Waals surface area contributed by atoms with Gasteiger partial charge in [-0.25, -0.2) is 8.42 Å². The Balaban J connectivity index is 1.76. The summed E-state index contributed by atoms with van der Waals surface area (Å²) < 4.78 is 32.7. The number of rotatable bonds is 5. The number of piperidine rings is 1. The molecule has 0 spiro atoms. The van der Waals surface area contributed by atoms with Crippen LogP contribution in [0.25, 0.3) is 0 Å². The Morgan fingerprint density at radius 1 is 1.08 bits per heavy atom. The molecule has 0 atom stereocenters. The van der Waals surface area contributed by atoms with E-state index in [1.165, 1.54) is 12.5 Å². The molecule has 134 valence electrons. The number of sulfonamides is 1. The van der Waals surface area contributed by atoms with Crippen LogP contribution in [0.15, 0.2) is 35.2 Å². The van der Waals surface area contributed by atoms with Crippen molar-refractivity contribution in [2.45, 2.75) is 31.1 Å². The molecule has 1 saturated heterocycles. The van der Waals surface area contributed by atoms with E-state index in [-0.39, 0.29) is 10.7 Å². The summed E-state index contributed by atoms with van der Waals surface area (Å²) in [4.78, 5) is 2.36. The molecule has 0 radical (unpaired) electrons. The third-order valence-electron chi connectivity index (χ3n) is 4.24. The molecule has 1 aliphatic heterocycles. The zero-order valence-corrected chi connectivity index (χ0v) is 15.2. The van der Waals surface area contributed by atoms with E-state index in [0.29, 0.717) is 11.3 Å². The molecule has 25 heavy (non-hydrogen) atoms. The van der Waals surface area contributed by atoms with E-state index in [0.717, 1.165) is 31.7 Å². The Morgan fingerprint density at radius 2 is 1.84 bits per heavy atom. The fraction of sp³-hybridized carbons (Fsp3) is 0.412. The third kappa shape index (κ3) is 4.01. The molecule has 2 aromatic rings. The van der Waals surface area contributed by atoms with E-state index < -0.39 is 10.0 Å². The Labute approximate surface area is 148 Å². The fourth-order valence-corrected chi connectivity index (χ4v) is 4.14. The summed E-state index contributed by atoms with van der Waals surface area (Å²) in [6.45, 7) is 3.65. The molecular weight excluding hydrogens is 340 g/mol. The highest BCUT2D eigenvalue weighted by Gasteiger charge is 2.19. The standard InChI is InChI=1S/C17H22N4O3S/c1-13-12-14(24-2)6-7-15(13)25(22,23)20-16-8-9-17(19-18-16)21-10-4-3-5-11-21/h6-9,12H,3-5,10-11H2,1-2H3,(H,18,20). The minimum Gasteiger partial charge on any atom is -0.497 e. The average Bonchev–Trinajstić information content (AvgIpc) is 2.62. The number of aromatic nitrogens is 2. The van der Waals surface area contributed by atoms with Crippen LogP contribution >= 0.6 is 0 Å². The van der Waals surface area contributed by atoms with E-state index in [4.69, 9.17) is 4.74 Å². The van der Waals surface area contributed by atoms with Crippen LogP contribution in [-0.4, -0.2) is 38.8 Å². The molecule has 1 aromatic carbocycles. The maximum Gasteiger partial charge on any atom is 0.263 e. The van der Waals surface area contributed by atoms with Gasteiger partial charge in [-0.2, -0.15) is 0 Å². The molecule has 3 rings (SSSR count). The molecular formula is C17H22N4O3S. The predicted molar refractivity (Wildman–Crippen MR) is 96.6 cm³/mol. The molecule has 0 bridgehead atoms. The van der Waals surface area contributed by atoms with Gasteiger partial charge >= 0.3 is 0 Å². The summed E-state index contributed by atoms with van der Waals surface area (Å²) in [5.41, 5.74) is 0.602. The molecule has 1 N–H and O–H groups in total. The number of aryl methyl sites for hydroxylation is 1. The Kier molecular flexibility index (Phi) is 5.08. The van der Waals surface area contributed by atoms with E-state index >= 15 is 0 Å². The molecule has 1 aromatic heterocycles. The van der Waals surface area contributed by atoms with Crippen molar-refractivity contribution in [1.82, 2.24) is 10.2 Å². The van der Waals surface area contributed by atoms with Crippen molar-refractivity contribution in [1.29, 1.82) is 0 Å². The molecule has 7 nitrogen and oxygen atoms in total. The minimum atomic E-state index is -3.73. The number of nitrogens with one attached hydrogen (secondary N) is 1. The summed E-state index contributed by atoms with van der Waals surface area (Å²) in [6, 6.07) is 8.27. The van der Waals surface area contributed by atoms with Gasteiger partial charge in [-0.05, 0) is 62.1 Å². The number of nitrogens with zero attached hydrogens (tertiary/aromatic N) is 3. The van der Waals surface area contributed by atoms with Crippen molar-refractivity contribution < 1.29 is 13.2 Å². The smallest absolute Gasteiger partial charge is 0.263 e. The summed E-state index contributed by atoms with van der Waals surface area (Å²) in [6.07, 6.45) is 3.53. The van der Waals surface area contributed by atoms with Crippen LogP contribution < -0.4 is 14.4 Å². The second kappa shape index (κ2) is 7.26. The first-order valence-corrected chi connectivity index (χ1v) is 9.74. The third-order valence-corrected chi connectivity index (χ3v) is 5.76. The maximum atomic E-state index is 12.6. The van der Waals surface area contributed by atoms with Crippen molar-refractivity contribution >= 4 is 21.7 Å². The van der Waals surface area contributed by atoms with Gasteiger partial charge in [-0.1, -0.05) is 0 Å². The number of anilines is 2. The number of methoxy groups -OCH3 is 1. The predicted octanol–water partition coefficient (Wildman–Crippen LogP) is 2.58. The van der Waals surface area contributed by atoms with Crippen LogP contribution in [0.1, 0.15) is 24.8 Å². The minimum absolute atomic E-state index is 0.190. The molecule has 0 saturated carbocycles. The number of ether oxygens (including phenoxy) is 1. The lowest BCUT2D eigenvalue weighted by molar-refractivity contribution is 0.414. The SMILES string of the molecule is COc1ccc(S(=O)(=O)Nc2ccc(N3CCCCC3)nn2)c(C)c1. The second-order valence-electron chi connectivity index (χ2n) is 6.06. The van der Waals surface area contributed by atoms with E-state index in [1.54, 1.807) is 38.3 Å². The lowest BCUT2D eigenvalue weighted by Crippen LogP contribution is -2.30. The fourth-order valence-electron chi connectivity index (χ4n) is 2.91. The van der Waals surface area contributed by atoms with E-state index in [9.17, 15) is 8.42 Å². The largest absolute Gasteiger partial charge is 0.497 e. The van der Waals surface area contributed by atoms with Gasteiger partial charge in [0.2, 0.25) is 0 Å². The molecule has 8 heteroatoms. The highest BCUT2D eigenvalue weighted by Crippen LogP contribution is 2.23. The zero-order chi connectivity index (χ0) is 17.9. The Hall–Kier alpha value is -2.35. The number of hydrogen-bond acceptors (Lipinski definition) is 6. The van der Waals surface area contributed by atoms with E-state index in [1.807, 2.05) is 0 Å². The first-order chi connectivity index (χ1) is 12.0. The Bertz CT molecular complexity index is 831. The maximum absolute atomic E-state index is 12.6. The first-order valence-electron chi connectivity index (χ1n) is 8.26. The summed E-state index contributed by atoms with van der Waals surface area (Å²) in [7, 11) is -2.19. The number of hydrogen-bond donors (Lipinski definition) is 1. The Morgan fingerprint density at radius 3 is 2.44 bits per heavy atom. The van der Waals surface area contributed by atoms with Gasteiger partial charge in [0.05, 0.1) is 12.0 Å². The van der Waals surface area contributed by atoms with Gasteiger partial charge in [-0.15, -0.1) is 10.2 Å². The lowest BCUT2D eigenvalue weighted by atomic mass is 10.1. The zero-order valence-electron chi connectivity index (χ0n) is 14.4. The topological polar surface area (TPSA) is 84.4 Å². The van der Waals surface area contributed by atoms with Crippen LogP contribution in [0.2, 0.25) is 0 Å². The highest BCUT2D eigenvalue weighted by atomic mass is 32.2. The second-order valence-corrected chi connectivity index (χ2v) is 7.71. The van der Waals surface area contributed by atoms with Crippen LogP contribution in [0, 0.1) is 6.92 Å². The van der Waals surface area contributed by atoms with Gasteiger partial charge in [-0.3, -0.25) is 4.72 Å². The van der Waals surface area contributed by atoms with Crippen LogP contribution in [0.5, 0.6) is 5.75 Å². The summed E-state index contributed by atoms with van der Waals surface area (Å²) >= 11 is 0. The van der Waals surface area contributed by atoms with Gasteiger partial charge in [0.1, 0.15) is 5.75 Å². The summed E-state index contributed by atoms with van der Waals surface area (Å²) in [5.74, 6) is 1.60. The van der Waals surface area contributed by atoms with Crippen molar-refractivity contribution in [3.63, 3.8) is 0 Å². The van der Waals surface area contributed by atoms with Gasteiger partial charge < -0.3 is 9.64 Å². The van der Waals surface area contributed by atoms with Gasteiger partial charge in [0, 0.05) is 13.1 Å². The van der Waals surface area contributed by atoms with Crippen LogP contribution in [0.4, 0.5) is 11.6 Å². The van der Waals surface area contributed by atoms with Crippen molar-refractivity contribution in [3.05, 3.63) is 35.9 Å². The molecule has 0 amide bonds. The van der Waals surface area contributed by atoms with Crippen LogP contribution in [-0.2, 0) is 10.0 Å². The molecule has 1 fully saturated rings. The molecule has 2 heterocycles. The lowest BCUT2D eigenvalue weighted by Gasteiger charge is -2.27. The first kappa shape index (κ1) is 17.5.